The molecule has 0 aliphatic carbocycles. The van der Waals surface area contributed by atoms with Crippen molar-refractivity contribution in [2.24, 2.45) is 0 Å². The van der Waals surface area contributed by atoms with E-state index in [1.165, 1.54) is 17.1 Å². The fraction of sp³-hybridized carbons (Fsp3) is 0.467. The van der Waals surface area contributed by atoms with Crippen molar-refractivity contribution in [2.45, 2.75) is 30.1 Å². The quantitative estimate of drug-likeness (QED) is 0.418. The van der Waals surface area contributed by atoms with Crippen LogP contribution in [0.25, 0.3) is 4.95 Å². The van der Waals surface area contributed by atoms with E-state index in [2.05, 4.69) is 28.7 Å². The Kier molecular flexibility index (Phi) is 3.57. The van der Waals surface area contributed by atoms with E-state index in [1.54, 1.807) is 0 Å². The number of urea groups is 2. The molecule has 24 heavy (non-hydrogen) atoms. The highest BCUT2D eigenvalue weighted by Gasteiger charge is 2.73. The second-order valence-electron chi connectivity index (χ2n) is 5.90. The van der Waals surface area contributed by atoms with Crippen LogP contribution in [0, 0.1) is 6.57 Å². The molecule has 0 radical (unpaired) electrons. The van der Waals surface area contributed by atoms with Crippen molar-refractivity contribution in [1.82, 2.24) is 20.5 Å². The molecule has 9 heteroatoms. The summed E-state index contributed by atoms with van der Waals surface area (Å²) in [5.41, 5.74) is -2.88. The lowest BCUT2D eigenvalue weighted by Gasteiger charge is -2.51. The maximum atomic E-state index is 12.9. The van der Waals surface area contributed by atoms with E-state index < -0.39 is 29.2 Å². The SMILES string of the molecule is [C-]#[N+]N1C(=O)N(CC2CO2)C2(CC=C)NC(=O)NC2(CC=C)C1=O. The Bertz CT molecular complexity index is 682. The summed E-state index contributed by atoms with van der Waals surface area (Å²) in [5.74, 6) is -0.782. The van der Waals surface area contributed by atoms with Crippen LogP contribution in [0.5, 0.6) is 0 Å². The van der Waals surface area contributed by atoms with Crippen molar-refractivity contribution < 1.29 is 19.1 Å². The van der Waals surface area contributed by atoms with Crippen molar-refractivity contribution in [3.63, 3.8) is 0 Å². The molecule has 3 unspecified atom stereocenters. The Balaban J connectivity index is 2.19. The molecule has 0 saturated carbocycles. The van der Waals surface area contributed by atoms with Crippen LogP contribution in [0.4, 0.5) is 9.59 Å². The summed E-state index contributed by atoms with van der Waals surface area (Å²) in [6, 6.07) is -1.37. The van der Waals surface area contributed by atoms with Crippen LogP contribution < -0.4 is 10.6 Å². The average Bonchev–Trinajstić information content (AvgIpc) is 3.30. The number of carbonyl (C=O) groups excluding carboxylic acids is 3. The van der Waals surface area contributed by atoms with E-state index >= 15 is 0 Å². The number of hydrogen-bond donors (Lipinski definition) is 2. The maximum Gasteiger partial charge on any atom is 0.397 e. The summed E-state index contributed by atoms with van der Waals surface area (Å²) in [7, 11) is 0. The first kappa shape index (κ1) is 16.0. The Hall–Kier alpha value is -2.86. The Morgan fingerprint density at radius 2 is 1.96 bits per heavy atom. The molecule has 9 nitrogen and oxygen atoms in total. The molecule has 3 atom stereocenters. The summed E-state index contributed by atoms with van der Waals surface area (Å²) in [4.78, 5) is 42.2. The molecule has 3 heterocycles. The first-order valence-electron chi connectivity index (χ1n) is 7.43. The molecule has 0 spiro atoms. The van der Waals surface area contributed by atoms with Crippen LogP contribution in [-0.4, -0.2) is 58.3 Å². The van der Waals surface area contributed by atoms with Gasteiger partial charge in [0.05, 0.1) is 24.3 Å². The largest absolute Gasteiger partial charge is 0.397 e. The first-order valence-corrected chi connectivity index (χ1v) is 7.43. The van der Waals surface area contributed by atoms with Gasteiger partial charge in [-0.15, -0.1) is 18.1 Å². The Labute approximate surface area is 138 Å². The van der Waals surface area contributed by atoms with Crippen molar-refractivity contribution >= 4 is 18.0 Å². The lowest BCUT2D eigenvalue weighted by Crippen LogP contribution is -2.80. The summed E-state index contributed by atoms with van der Waals surface area (Å²) >= 11 is 0. The van der Waals surface area contributed by atoms with Gasteiger partial charge < -0.3 is 15.4 Å². The monoisotopic (exact) mass is 331 g/mol. The predicted octanol–water partition coefficient (Wildman–Crippen LogP) is 0.384. The van der Waals surface area contributed by atoms with E-state index in [0.29, 0.717) is 11.6 Å². The lowest BCUT2D eigenvalue weighted by molar-refractivity contribution is -0.145. The van der Waals surface area contributed by atoms with Gasteiger partial charge in [-0.1, -0.05) is 12.2 Å². The van der Waals surface area contributed by atoms with E-state index in [1.807, 2.05) is 0 Å². The second kappa shape index (κ2) is 5.35. The van der Waals surface area contributed by atoms with Crippen LogP contribution in [0.3, 0.4) is 0 Å². The number of hydrogen-bond acceptors (Lipinski definition) is 4. The van der Waals surface area contributed by atoms with Gasteiger partial charge in [-0.3, -0.25) is 9.69 Å². The van der Waals surface area contributed by atoms with Crippen molar-refractivity contribution in [1.29, 1.82) is 0 Å². The predicted molar refractivity (Wildman–Crippen MR) is 82.0 cm³/mol. The van der Waals surface area contributed by atoms with Gasteiger partial charge in [-0.05, 0) is 0 Å². The van der Waals surface area contributed by atoms with Gasteiger partial charge in [0.25, 0.3) is 0 Å². The van der Waals surface area contributed by atoms with Gasteiger partial charge in [0.1, 0.15) is 0 Å². The van der Waals surface area contributed by atoms with E-state index in [4.69, 9.17) is 11.3 Å². The average molecular weight is 331 g/mol. The van der Waals surface area contributed by atoms with E-state index in [0.717, 1.165) is 0 Å². The third-order valence-corrected chi connectivity index (χ3v) is 4.56. The molecule has 3 aliphatic rings. The summed E-state index contributed by atoms with van der Waals surface area (Å²) < 4.78 is 5.19. The van der Waals surface area contributed by atoms with Crippen molar-refractivity contribution in [3.8, 4) is 0 Å². The molecule has 3 saturated heterocycles. The number of nitrogens with zero attached hydrogens (tertiary/aromatic N) is 3. The third-order valence-electron chi connectivity index (χ3n) is 4.56. The first-order chi connectivity index (χ1) is 11.5. The van der Waals surface area contributed by atoms with E-state index in [-0.39, 0.29) is 25.5 Å². The zero-order valence-corrected chi connectivity index (χ0v) is 12.9. The van der Waals surface area contributed by atoms with E-state index in [9.17, 15) is 14.4 Å². The maximum absolute atomic E-state index is 12.9. The number of rotatable bonds is 6. The normalized spacial score (nSPS) is 34.1. The molecule has 126 valence electrons. The van der Waals surface area contributed by atoms with Crippen LogP contribution in [-0.2, 0) is 9.53 Å². The molecule has 3 rings (SSSR count). The molecule has 2 N–H and O–H groups in total. The summed E-state index contributed by atoms with van der Waals surface area (Å²) in [6.07, 6.45) is 3.01. The molecular weight excluding hydrogens is 314 g/mol. The van der Waals surface area contributed by atoms with Gasteiger partial charge in [-0.2, -0.15) is 6.57 Å². The smallest absolute Gasteiger partial charge is 0.371 e. The molecule has 0 aromatic carbocycles. The molecule has 5 amide bonds. The number of ether oxygens (including phenoxy) is 1. The summed E-state index contributed by atoms with van der Waals surface area (Å²) in [6.45, 7) is 15.2. The zero-order chi connectivity index (χ0) is 17.5. The fourth-order valence-corrected chi connectivity index (χ4v) is 3.46. The minimum absolute atomic E-state index is 0.0553. The van der Waals surface area contributed by atoms with Crippen LogP contribution >= 0.6 is 0 Å². The number of imide groups is 1. The number of amides is 5. The number of nitrogens with one attached hydrogen (secondary N) is 2. The Morgan fingerprint density at radius 3 is 2.50 bits per heavy atom. The molecular formula is C15H17N5O4. The van der Waals surface area contributed by atoms with Gasteiger partial charge in [0.15, 0.2) is 11.2 Å². The standard InChI is InChI=1S/C15H17N5O4/c1-4-6-14-11(21)20(16-3)13(23)19(8-10-9-24-10)15(14,7-5-2)18-12(22)17-14/h4-5,10H,1-2,6-9H2,(H2,17,18,22). The molecule has 0 aromatic rings. The third kappa shape index (κ3) is 1.93. The summed E-state index contributed by atoms with van der Waals surface area (Å²) in [5, 5.41) is 5.79. The fourth-order valence-electron chi connectivity index (χ4n) is 3.46. The number of fused-ring (bicyclic) bond motifs is 1. The van der Waals surface area contributed by atoms with Gasteiger partial charge in [0, 0.05) is 12.8 Å². The van der Waals surface area contributed by atoms with Gasteiger partial charge in [-0.25, -0.2) is 9.59 Å². The lowest BCUT2D eigenvalue weighted by atomic mass is 9.76. The van der Waals surface area contributed by atoms with Crippen molar-refractivity contribution in [2.75, 3.05) is 13.2 Å². The Morgan fingerprint density at radius 1 is 1.29 bits per heavy atom. The topological polar surface area (TPSA) is 98.6 Å². The molecule has 3 aliphatic heterocycles. The number of epoxide rings is 1. The van der Waals surface area contributed by atoms with Crippen LogP contribution in [0.1, 0.15) is 12.8 Å². The molecule has 0 bridgehead atoms. The van der Waals surface area contributed by atoms with Gasteiger partial charge in [0.2, 0.25) is 0 Å². The van der Waals surface area contributed by atoms with Crippen LogP contribution in [0.2, 0.25) is 0 Å². The highest BCUT2D eigenvalue weighted by molar-refractivity contribution is 6.08. The highest BCUT2D eigenvalue weighted by atomic mass is 16.6. The molecule has 3 fully saturated rings. The number of carbonyl (C=O) groups is 3. The second-order valence-corrected chi connectivity index (χ2v) is 5.90. The molecule has 0 aromatic heterocycles. The highest BCUT2D eigenvalue weighted by Crippen LogP contribution is 2.43. The minimum atomic E-state index is -1.52. The van der Waals surface area contributed by atoms with Gasteiger partial charge >= 0.3 is 18.0 Å². The van der Waals surface area contributed by atoms with Crippen LogP contribution in [0.15, 0.2) is 25.3 Å². The zero-order valence-electron chi connectivity index (χ0n) is 12.9. The van der Waals surface area contributed by atoms with Crippen molar-refractivity contribution in [3.05, 3.63) is 36.8 Å². The minimum Gasteiger partial charge on any atom is -0.371 e.